The first kappa shape index (κ1) is 16.0. The highest BCUT2D eigenvalue weighted by Crippen LogP contribution is 2.16. The Balaban J connectivity index is 2.00. The van der Waals surface area contributed by atoms with Crippen molar-refractivity contribution in [1.82, 2.24) is 10.3 Å². The number of urea groups is 1. The molecule has 1 aromatic heterocycles. The summed E-state index contributed by atoms with van der Waals surface area (Å²) in [5.74, 6) is 0. The third-order valence-electron chi connectivity index (χ3n) is 3.09. The first-order valence-electron chi connectivity index (χ1n) is 6.64. The molecule has 0 saturated carbocycles. The summed E-state index contributed by atoms with van der Waals surface area (Å²) in [5.41, 5.74) is 1.46. The molecule has 7 heteroatoms. The van der Waals surface area contributed by atoms with E-state index in [-0.39, 0.29) is 17.0 Å². The smallest absolute Gasteiger partial charge is 0.319 e. The van der Waals surface area contributed by atoms with Crippen molar-refractivity contribution in [2.45, 2.75) is 17.9 Å². The summed E-state index contributed by atoms with van der Waals surface area (Å²) >= 11 is 0. The van der Waals surface area contributed by atoms with Gasteiger partial charge in [0.15, 0.2) is 9.84 Å². The molecular formula is C15H17N3O3S. The number of rotatable bonds is 4. The van der Waals surface area contributed by atoms with Gasteiger partial charge in [-0.15, -0.1) is 0 Å². The molecule has 116 valence electrons. The minimum absolute atomic E-state index is 0.254. The van der Waals surface area contributed by atoms with E-state index in [1.165, 1.54) is 12.1 Å². The Morgan fingerprint density at radius 1 is 1.09 bits per heavy atom. The summed E-state index contributed by atoms with van der Waals surface area (Å²) in [6.07, 6.45) is 4.33. The number of pyridine rings is 1. The number of aromatic nitrogens is 1. The number of hydrogen-bond acceptors (Lipinski definition) is 4. The van der Waals surface area contributed by atoms with Crippen LogP contribution in [0.3, 0.4) is 0 Å². The fourth-order valence-electron chi connectivity index (χ4n) is 1.89. The fraction of sp³-hybridized carbons (Fsp3) is 0.200. The maximum atomic E-state index is 11.9. The van der Waals surface area contributed by atoms with E-state index in [1.54, 1.807) is 36.7 Å². The molecule has 0 aliphatic carbocycles. The standard InChI is InChI=1S/C15H17N3O3S/c1-11(12-3-5-14(6-4-12)22(2,20)21)17-15(19)18-13-7-9-16-10-8-13/h3-11H,1-2H3,(H2,16,17,18,19). The number of carbonyl (C=O) groups excluding carboxylic acids is 1. The summed E-state index contributed by atoms with van der Waals surface area (Å²) in [7, 11) is -3.21. The van der Waals surface area contributed by atoms with Gasteiger partial charge in [0.25, 0.3) is 0 Å². The van der Waals surface area contributed by atoms with Crippen LogP contribution in [0.5, 0.6) is 0 Å². The van der Waals surface area contributed by atoms with Crippen LogP contribution in [0.2, 0.25) is 0 Å². The van der Waals surface area contributed by atoms with Crippen LogP contribution < -0.4 is 10.6 Å². The van der Waals surface area contributed by atoms with Crippen LogP contribution in [-0.2, 0) is 9.84 Å². The Labute approximate surface area is 129 Å². The summed E-state index contributed by atoms with van der Waals surface area (Å²) < 4.78 is 22.8. The van der Waals surface area contributed by atoms with Gasteiger partial charge in [-0.25, -0.2) is 13.2 Å². The van der Waals surface area contributed by atoms with Gasteiger partial charge in [-0.05, 0) is 36.8 Å². The zero-order chi connectivity index (χ0) is 16.2. The van der Waals surface area contributed by atoms with Gasteiger partial charge in [-0.1, -0.05) is 12.1 Å². The van der Waals surface area contributed by atoms with Gasteiger partial charge in [-0.3, -0.25) is 4.98 Å². The lowest BCUT2D eigenvalue weighted by Crippen LogP contribution is -2.31. The van der Waals surface area contributed by atoms with E-state index >= 15 is 0 Å². The normalized spacial score (nSPS) is 12.5. The van der Waals surface area contributed by atoms with Gasteiger partial charge in [0, 0.05) is 24.3 Å². The number of anilines is 1. The maximum Gasteiger partial charge on any atom is 0.319 e. The van der Waals surface area contributed by atoms with Gasteiger partial charge in [0.2, 0.25) is 0 Å². The molecule has 0 spiro atoms. The first-order chi connectivity index (χ1) is 10.4. The van der Waals surface area contributed by atoms with E-state index in [1.807, 2.05) is 6.92 Å². The summed E-state index contributed by atoms with van der Waals surface area (Å²) in [6.45, 7) is 1.82. The molecule has 1 atom stereocenters. The average Bonchev–Trinajstić information content (AvgIpc) is 2.47. The van der Waals surface area contributed by atoms with Crippen LogP contribution in [0.1, 0.15) is 18.5 Å². The molecule has 0 aliphatic rings. The van der Waals surface area contributed by atoms with Crippen molar-refractivity contribution in [1.29, 1.82) is 0 Å². The third-order valence-corrected chi connectivity index (χ3v) is 4.22. The van der Waals surface area contributed by atoms with Gasteiger partial charge >= 0.3 is 6.03 Å². The number of nitrogens with zero attached hydrogens (tertiary/aromatic N) is 1. The van der Waals surface area contributed by atoms with Crippen LogP contribution >= 0.6 is 0 Å². The lowest BCUT2D eigenvalue weighted by molar-refractivity contribution is 0.249. The molecule has 0 bridgehead atoms. The van der Waals surface area contributed by atoms with E-state index < -0.39 is 9.84 Å². The number of hydrogen-bond donors (Lipinski definition) is 2. The molecule has 2 aromatic rings. The number of amides is 2. The highest BCUT2D eigenvalue weighted by molar-refractivity contribution is 7.90. The van der Waals surface area contributed by atoms with Crippen LogP contribution in [0.4, 0.5) is 10.5 Å². The minimum Gasteiger partial charge on any atom is -0.331 e. The van der Waals surface area contributed by atoms with E-state index in [0.29, 0.717) is 5.69 Å². The molecule has 0 fully saturated rings. The minimum atomic E-state index is -3.21. The molecule has 0 radical (unpaired) electrons. The molecule has 0 aliphatic heterocycles. The van der Waals surface area contributed by atoms with Gasteiger partial charge in [-0.2, -0.15) is 0 Å². The van der Waals surface area contributed by atoms with E-state index in [4.69, 9.17) is 0 Å². The number of carbonyl (C=O) groups is 1. The highest BCUT2D eigenvalue weighted by atomic mass is 32.2. The average molecular weight is 319 g/mol. The van der Waals surface area contributed by atoms with Gasteiger partial charge in [0.1, 0.15) is 0 Å². The zero-order valence-electron chi connectivity index (χ0n) is 12.3. The van der Waals surface area contributed by atoms with Gasteiger partial charge in [0.05, 0.1) is 10.9 Å². The van der Waals surface area contributed by atoms with E-state index in [0.717, 1.165) is 11.8 Å². The number of sulfone groups is 1. The Hall–Kier alpha value is -2.41. The van der Waals surface area contributed by atoms with E-state index in [2.05, 4.69) is 15.6 Å². The molecule has 6 nitrogen and oxygen atoms in total. The third kappa shape index (κ3) is 4.29. The van der Waals surface area contributed by atoms with Crippen molar-refractivity contribution in [2.24, 2.45) is 0 Å². The SMILES string of the molecule is CC(NC(=O)Nc1ccncc1)c1ccc(S(C)(=O)=O)cc1. The molecule has 2 rings (SSSR count). The van der Waals surface area contributed by atoms with Crippen LogP contribution in [-0.4, -0.2) is 25.7 Å². The van der Waals surface area contributed by atoms with Crippen molar-refractivity contribution >= 4 is 21.6 Å². The second-order valence-electron chi connectivity index (χ2n) is 4.90. The molecule has 1 heterocycles. The molecular weight excluding hydrogens is 302 g/mol. The van der Waals surface area contributed by atoms with Crippen molar-refractivity contribution in [2.75, 3.05) is 11.6 Å². The Bertz CT molecular complexity index is 743. The van der Waals surface area contributed by atoms with Crippen molar-refractivity contribution < 1.29 is 13.2 Å². The van der Waals surface area contributed by atoms with Crippen LogP contribution in [0.25, 0.3) is 0 Å². The Morgan fingerprint density at radius 3 is 2.23 bits per heavy atom. The number of nitrogens with one attached hydrogen (secondary N) is 2. The molecule has 2 amide bonds. The quantitative estimate of drug-likeness (QED) is 0.905. The first-order valence-corrected chi connectivity index (χ1v) is 8.53. The fourth-order valence-corrected chi connectivity index (χ4v) is 2.52. The van der Waals surface area contributed by atoms with Crippen molar-refractivity contribution in [3.63, 3.8) is 0 Å². The second kappa shape index (κ2) is 6.57. The predicted molar refractivity (Wildman–Crippen MR) is 84.4 cm³/mol. The molecule has 2 N–H and O–H groups in total. The van der Waals surface area contributed by atoms with E-state index in [9.17, 15) is 13.2 Å². The molecule has 1 unspecified atom stereocenters. The highest BCUT2D eigenvalue weighted by Gasteiger charge is 2.11. The lowest BCUT2D eigenvalue weighted by Gasteiger charge is -2.15. The predicted octanol–water partition coefficient (Wildman–Crippen LogP) is 2.37. The zero-order valence-corrected chi connectivity index (χ0v) is 13.1. The topological polar surface area (TPSA) is 88.2 Å². The van der Waals surface area contributed by atoms with Crippen LogP contribution in [0.15, 0.2) is 53.7 Å². The Morgan fingerprint density at radius 2 is 1.68 bits per heavy atom. The summed E-state index contributed by atoms with van der Waals surface area (Å²) in [4.78, 5) is 16.0. The maximum absolute atomic E-state index is 11.9. The Kier molecular flexibility index (Phi) is 4.77. The summed E-state index contributed by atoms with van der Waals surface area (Å²) in [6, 6.07) is 9.21. The summed E-state index contributed by atoms with van der Waals surface area (Å²) in [5, 5.41) is 5.48. The van der Waals surface area contributed by atoms with Gasteiger partial charge < -0.3 is 10.6 Å². The molecule has 0 saturated heterocycles. The number of benzene rings is 1. The van der Waals surface area contributed by atoms with Crippen molar-refractivity contribution in [3.05, 3.63) is 54.4 Å². The monoisotopic (exact) mass is 319 g/mol. The van der Waals surface area contributed by atoms with Crippen molar-refractivity contribution in [3.8, 4) is 0 Å². The van der Waals surface area contributed by atoms with Crippen LogP contribution in [0, 0.1) is 0 Å². The molecule has 1 aromatic carbocycles. The molecule has 22 heavy (non-hydrogen) atoms. The largest absolute Gasteiger partial charge is 0.331 e. The lowest BCUT2D eigenvalue weighted by atomic mass is 10.1. The second-order valence-corrected chi connectivity index (χ2v) is 6.91.